The molecule has 2 heterocycles. The molecule has 7 heteroatoms. The average Bonchev–Trinajstić information content (AvgIpc) is 2.95. The third kappa shape index (κ3) is 3.46. The zero-order chi connectivity index (χ0) is 20.7. The van der Waals surface area contributed by atoms with Gasteiger partial charge in [0, 0.05) is 5.56 Å². The number of thioether (sulfide) groups is 1. The fourth-order valence-electron chi connectivity index (χ4n) is 3.57. The van der Waals surface area contributed by atoms with Gasteiger partial charge in [-0.05, 0) is 56.2 Å². The normalized spacial score (nSPS) is 18.7. The number of aromatic nitrogens is 2. The summed E-state index contributed by atoms with van der Waals surface area (Å²) in [7, 11) is 1.53. The Morgan fingerprint density at radius 1 is 1.21 bits per heavy atom. The minimum absolute atomic E-state index is 0.0571. The summed E-state index contributed by atoms with van der Waals surface area (Å²) in [5.41, 5.74) is 4.77. The van der Waals surface area contributed by atoms with Gasteiger partial charge in [0.05, 0.1) is 29.0 Å². The van der Waals surface area contributed by atoms with Crippen molar-refractivity contribution < 1.29 is 14.6 Å². The zero-order valence-corrected chi connectivity index (χ0v) is 17.6. The summed E-state index contributed by atoms with van der Waals surface area (Å²) in [6, 6.07) is 13.3. The molecule has 1 aliphatic heterocycles. The molecule has 0 saturated carbocycles. The minimum atomic E-state index is -0.252. The van der Waals surface area contributed by atoms with Gasteiger partial charge in [0.25, 0.3) is 0 Å². The number of aryl methyl sites for hydroxylation is 2. The number of hydrogen-bond donors (Lipinski definition) is 2. The number of carbonyl (C=O) groups is 1. The van der Waals surface area contributed by atoms with E-state index in [2.05, 4.69) is 5.32 Å². The van der Waals surface area contributed by atoms with E-state index in [9.17, 15) is 9.90 Å². The van der Waals surface area contributed by atoms with Crippen molar-refractivity contribution in [3.05, 3.63) is 64.8 Å². The first-order valence-electron chi connectivity index (χ1n) is 9.39. The maximum Gasteiger partial charge on any atom is 0.238 e. The smallest absolute Gasteiger partial charge is 0.238 e. The molecule has 2 aromatic carbocycles. The van der Waals surface area contributed by atoms with Crippen LogP contribution in [0.3, 0.4) is 0 Å². The number of amides is 1. The predicted octanol–water partition coefficient (Wildman–Crippen LogP) is 4.37. The van der Waals surface area contributed by atoms with Crippen LogP contribution in [0.2, 0.25) is 0 Å². The highest BCUT2D eigenvalue weighted by Gasteiger charge is 2.34. The molecule has 0 fully saturated rings. The maximum absolute atomic E-state index is 12.8. The van der Waals surface area contributed by atoms with E-state index in [1.165, 1.54) is 7.11 Å². The summed E-state index contributed by atoms with van der Waals surface area (Å²) in [4.78, 5) is 12.8. The van der Waals surface area contributed by atoms with Crippen molar-refractivity contribution in [2.45, 2.75) is 31.3 Å². The molecule has 0 spiro atoms. The van der Waals surface area contributed by atoms with Crippen LogP contribution in [0, 0.1) is 13.8 Å². The van der Waals surface area contributed by atoms with Crippen molar-refractivity contribution >= 4 is 23.5 Å². The van der Waals surface area contributed by atoms with Crippen molar-refractivity contribution in [3.8, 4) is 17.2 Å². The molecule has 0 saturated heterocycles. The second-order valence-corrected chi connectivity index (χ2v) is 8.63. The van der Waals surface area contributed by atoms with Gasteiger partial charge >= 0.3 is 0 Å². The van der Waals surface area contributed by atoms with Gasteiger partial charge in [-0.15, -0.1) is 11.8 Å². The molecule has 0 radical (unpaired) electrons. The molecule has 2 atom stereocenters. The third-order valence-electron chi connectivity index (χ3n) is 5.07. The number of anilines is 1. The van der Waals surface area contributed by atoms with Gasteiger partial charge in [-0.1, -0.05) is 18.2 Å². The fraction of sp³-hybridized carbons (Fsp3) is 0.273. The second-order valence-electron chi connectivity index (χ2n) is 7.18. The number of benzene rings is 2. The number of hydrogen-bond acceptors (Lipinski definition) is 5. The number of phenolic OH excluding ortho intramolecular Hbond substituents is 1. The molecule has 1 aromatic heterocycles. The number of aromatic hydroxyl groups is 1. The Kier molecular flexibility index (Phi) is 5.00. The topological polar surface area (TPSA) is 76.4 Å². The summed E-state index contributed by atoms with van der Waals surface area (Å²) in [5, 5.41) is 17.4. The lowest BCUT2D eigenvalue weighted by Gasteiger charge is -2.18. The Morgan fingerprint density at radius 3 is 2.72 bits per heavy atom. The monoisotopic (exact) mass is 409 g/mol. The van der Waals surface area contributed by atoms with E-state index in [1.807, 2.05) is 57.2 Å². The molecule has 6 nitrogen and oxygen atoms in total. The van der Waals surface area contributed by atoms with Crippen LogP contribution >= 0.6 is 11.8 Å². The maximum atomic E-state index is 12.8. The van der Waals surface area contributed by atoms with E-state index in [1.54, 1.807) is 22.5 Å². The molecular formula is C22H23N3O3S. The van der Waals surface area contributed by atoms with Crippen LogP contribution in [0.4, 0.5) is 5.82 Å². The molecule has 2 unspecified atom stereocenters. The molecule has 4 rings (SSSR count). The lowest BCUT2D eigenvalue weighted by molar-refractivity contribution is -0.115. The Hall–Kier alpha value is -2.93. The van der Waals surface area contributed by atoms with Crippen LogP contribution in [0.1, 0.15) is 34.6 Å². The molecule has 1 amide bonds. The number of phenols is 1. The van der Waals surface area contributed by atoms with Crippen LogP contribution in [0.5, 0.6) is 11.5 Å². The van der Waals surface area contributed by atoms with E-state index < -0.39 is 0 Å². The van der Waals surface area contributed by atoms with E-state index in [0.717, 1.165) is 28.1 Å². The number of nitrogens with zero attached hydrogens (tertiary/aromatic N) is 2. The lowest BCUT2D eigenvalue weighted by atomic mass is 10.0. The van der Waals surface area contributed by atoms with Crippen LogP contribution < -0.4 is 10.1 Å². The highest BCUT2D eigenvalue weighted by atomic mass is 32.2. The average molecular weight is 410 g/mol. The number of nitrogens with one attached hydrogen (secondary N) is 1. The Morgan fingerprint density at radius 2 is 2.00 bits per heavy atom. The second kappa shape index (κ2) is 7.48. The van der Waals surface area contributed by atoms with Crippen molar-refractivity contribution in [1.29, 1.82) is 0 Å². The molecule has 0 bridgehead atoms. The Balaban J connectivity index is 1.91. The van der Waals surface area contributed by atoms with E-state index in [0.29, 0.717) is 11.6 Å². The minimum Gasteiger partial charge on any atom is -0.504 e. The fourth-order valence-corrected chi connectivity index (χ4v) is 4.89. The predicted molar refractivity (Wildman–Crippen MR) is 115 cm³/mol. The van der Waals surface area contributed by atoms with Gasteiger partial charge in [-0.3, -0.25) is 4.79 Å². The number of carbonyl (C=O) groups excluding carboxylic acids is 1. The largest absolute Gasteiger partial charge is 0.504 e. The summed E-state index contributed by atoms with van der Waals surface area (Å²) in [6.07, 6.45) is 0. The van der Waals surface area contributed by atoms with Gasteiger partial charge in [-0.2, -0.15) is 5.10 Å². The summed E-state index contributed by atoms with van der Waals surface area (Å²) >= 11 is 1.56. The lowest BCUT2D eigenvalue weighted by Crippen LogP contribution is -2.22. The van der Waals surface area contributed by atoms with Crippen LogP contribution in [0.25, 0.3) is 5.69 Å². The first kappa shape index (κ1) is 19.4. The van der Waals surface area contributed by atoms with Crippen molar-refractivity contribution in [3.63, 3.8) is 0 Å². The molecule has 0 aliphatic carbocycles. The first-order valence-corrected chi connectivity index (χ1v) is 10.3. The van der Waals surface area contributed by atoms with E-state index in [4.69, 9.17) is 9.84 Å². The Labute approximate surface area is 173 Å². The van der Waals surface area contributed by atoms with E-state index in [-0.39, 0.29) is 22.2 Å². The van der Waals surface area contributed by atoms with Gasteiger partial charge < -0.3 is 15.2 Å². The van der Waals surface area contributed by atoms with Gasteiger partial charge in [0.2, 0.25) is 5.91 Å². The van der Waals surface area contributed by atoms with Gasteiger partial charge in [-0.25, -0.2) is 4.68 Å². The summed E-state index contributed by atoms with van der Waals surface area (Å²) in [5.74, 6) is 1.12. The highest BCUT2D eigenvalue weighted by molar-refractivity contribution is 8.01. The van der Waals surface area contributed by atoms with Gasteiger partial charge in [0.15, 0.2) is 11.5 Å². The number of methoxy groups -OCH3 is 1. The molecule has 29 heavy (non-hydrogen) atoms. The summed E-state index contributed by atoms with van der Waals surface area (Å²) in [6.45, 7) is 5.88. The number of rotatable bonds is 3. The first-order chi connectivity index (χ1) is 13.9. The standard InChI is InChI=1S/C22H23N3O3S/c1-12-6-5-7-16(10-12)25-21-19(13(2)24-25)20(29-14(3)22(27)23-21)15-8-9-17(26)18(11-15)28-4/h5-11,14,20,26H,1-4H3,(H,23,27). The van der Waals surface area contributed by atoms with Crippen LogP contribution in [-0.4, -0.2) is 33.2 Å². The molecule has 3 aromatic rings. The van der Waals surface area contributed by atoms with E-state index >= 15 is 0 Å². The van der Waals surface area contributed by atoms with Gasteiger partial charge in [0.1, 0.15) is 5.82 Å². The van der Waals surface area contributed by atoms with Crippen molar-refractivity contribution in [1.82, 2.24) is 9.78 Å². The SMILES string of the molecule is COc1cc(C2SC(C)C(=O)Nc3c2c(C)nn3-c2cccc(C)c2)ccc1O. The van der Waals surface area contributed by atoms with Crippen LogP contribution in [-0.2, 0) is 4.79 Å². The Bertz CT molecular complexity index is 1090. The molecular weight excluding hydrogens is 386 g/mol. The summed E-state index contributed by atoms with van der Waals surface area (Å²) < 4.78 is 7.10. The number of ether oxygens (including phenoxy) is 1. The zero-order valence-electron chi connectivity index (χ0n) is 16.8. The molecule has 2 N–H and O–H groups in total. The quantitative estimate of drug-likeness (QED) is 0.672. The van der Waals surface area contributed by atoms with Crippen molar-refractivity contribution in [2.24, 2.45) is 0 Å². The van der Waals surface area contributed by atoms with Crippen molar-refractivity contribution in [2.75, 3.05) is 12.4 Å². The molecule has 150 valence electrons. The molecule has 1 aliphatic rings. The third-order valence-corrected chi connectivity index (χ3v) is 6.48. The highest BCUT2D eigenvalue weighted by Crippen LogP contribution is 2.47. The van der Waals surface area contributed by atoms with Crippen LogP contribution in [0.15, 0.2) is 42.5 Å². The number of fused-ring (bicyclic) bond motifs is 1.